The number of fused-ring (bicyclic) bond motifs is 1. The van der Waals surface area contributed by atoms with Crippen molar-refractivity contribution in [1.82, 2.24) is 14.9 Å². The fourth-order valence-electron chi connectivity index (χ4n) is 3.18. The molecule has 6 heteroatoms. The molecule has 1 amide bonds. The lowest BCUT2D eigenvalue weighted by molar-refractivity contribution is 0.0694. The van der Waals surface area contributed by atoms with Crippen molar-refractivity contribution in [3.8, 4) is 0 Å². The van der Waals surface area contributed by atoms with Crippen LogP contribution in [0.15, 0.2) is 30.5 Å². The quantitative estimate of drug-likeness (QED) is 0.936. The van der Waals surface area contributed by atoms with Crippen LogP contribution in [0.25, 0.3) is 0 Å². The van der Waals surface area contributed by atoms with Crippen molar-refractivity contribution in [3.05, 3.63) is 58.7 Å². The molecule has 6 nitrogen and oxygen atoms in total. The first-order valence-corrected chi connectivity index (χ1v) is 8.10. The van der Waals surface area contributed by atoms with Crippen molar-refractivity contribution in [3.63, 3.8) is 0 Å². The van der Waals surface area contributed by atoms with E-state index in [0.29, 0.717) is 36.7 Å². The van der Waals surface area contributed by atoms with Crippen LogP contribution in [-0.2, 0) is 13.0 Å². The molecule has 1 aliphatic carbocycles. The molecule has 0 atom stereocenters. The van der Waals surface area contributed by atoms with Gasteiger partial charge in [0.1, 0.15) is 11.5 Å². The van der Waals surface area contributed by atoms with E-state index in [9.17, 15) is 14.7 Å². The Morgan fingerprint density at radius 2 is 2.04 bits per heavy atom. The van der Waals surface area contributed by atoms with E-state index < -0.39 is 5.97 Å². The summed E-state index contributed by atoms with van der Waals surface area (Å²) in [6.07, 6.45) is 4.37. The molecule has 2 aromatic rings. The average Bonchev–Trinajstić information content (AvgIpc) is 3.45. The Morgan fingerprint density at radius 3 is 2.79 bits per heavy atom. The first-order valence-electron chi connectivity index (χ1n) is 8.10. The van der Waals surface area contributed by atoms with E-state index in [0.717, 1.165) is 29.8 Å². The number of benzene rings is 1. The summed E-state index contributed by atoms with van der Waals surface area (Å²) in [6, 6.07) is 6.88. The van der Waals surface area contributed by atoms with Crippen LogP contribution in [0.3, 0.4) is 0 Å². The first-order chi connectivity index (χ1) is 11.6. The monoisotopic (exact) mass is 323 g/mol. The molecule has 0 bridgehead atoms. The molecule has 1 aromatic carbocycles. The highest BCUT2D eigenvalue weighted by atomic mass is 16.4. The lowest BCUT2D eigenvalue weighted by Gasteiger charge is -2.29. The van der Waals surface area contributed by atoms with Crippen molar-refractivity contribution in [2.45, 2.75) is 31.7 Å². The third-order valence-electron chi connectivity index (χ3n) is 4.62. The van der Waals surface area contributed by atoms with Crippen molar-refractivity contribution in [2.75, 3.05) is 6.54 Å². The molecule has 2 aliphatic rings. The number of rotatable bonds is 3. The van der Waals surface area contributed by atoms with Crippen LogP contribution < -0.4 is 0 Å². The zero-order chi connectivity index (χ0) is 16.7. The van der Waals surface area contributed by atoms with E-state index in [1.165, 1.54) is 0 Å². The zero-order valence-electron chi connectivity index (χ0n) is 13.1. The van der Waals surface area contributed by atoms with Gasteiger partial charge in [-0.05, 0) is 42.5 Å². The Morgan fingerprint density at radius 1 is 1.21 bits per heavy atom. The average molecular weight is 323 g/mol. The van der Waals surface area contributed by atoms with Gasteiger partial charge in [0.05, 0.1) is 5.56 Å². The molecule has 0 unspecified atom stereocenters. The summed E-state index contributed by atoms with van der Waals surface area (Å²) in [5.74, 6) is 0.117. The number of carbonyl (C=O) groups excluding carboxylic acids is 1. The standard InChI is InChI=1S/C18H17N3O3/c22-17(15-6-8-19-16(20-15)11-4-5-11)21-9-7-13-12(10-21)2-1-3-14(13)18(23)24/h1-3,6,8,11H,4-5,7,9-10H2,(H,23,24). The Labute approximate surface area is 139 Å². The summed E-state index contributed by atoms with van der Waals surface area (Å²) >= 11 is 0. The van der Waals surface area contributed by atoms with E-state index in [1.807, 2.05) is 6.07 Å². The minimum absolute atomic E-state index is 0.120. The summed E-state index contributed by atoms with van der Waals surface area (Å²) in [4.78, 5) is 34.5. The number of hydrogen-bond donors (Lipinski definition) is 1. The number of amides is 1. The third kappa shape index (κ3) is 2.64. The van der Waals surface area contributed by atoms with Crippen LogP contribution in [0.1, 0.15) is 56.6 Å². The van der Waals surface area contributed by atoms with E-state index in [4.69, 9.17) is 0 Å². The van der Waals surface area contributed by atoms with Crippen molar-refractivity contribution >= 4 is 11.9 Å². The summed E-state index contributed by atoms with van der Waals surface area (Å²) in [5, 5.41) is 9.28. The molecule has 0 radical (unpaired) electrons. The van der Waals surface area contributed by atoms with Crippen LogP contribution in [0, 0.1) is 0 Å². The van der Waals surface area contributed by atoms with Gasteiger partial charge in [0.25, 0.3) is 5.91 Å². The Bertz CT molecular complexity index is 830. The zero-order valence-corrected chi connectivity index (χ0v) is 13.1. The maximum Gasteiger partial charge on any atom is 0.335 e. The minimum atomic E-state index is -0.920. The number of aromatic nitrogens is 2. The maximum absolute atomic E-state index is 12.7. The Kier molecular flexibility index (Phi) is 3.52. The Balaban J connectivity index is 1.58. The number of carboxylic acid groups (broad SMARTS) is 1. The van der Waals surface area contributed by atoms with E-state index >= 15 is 0 Å². The second kappa shape index (κ2) is 5.70. The Hall–Kier alpha value is -2.76. The lowest BCUT2D eigenvalue weighted by atomic mass is 9.94. The number of carboxylic acids is 1. The minimum Gasteiger partial charge on any atom is -0.478 e. The highest BCUT2D eigenvalue weighted by Crippen LogP contribution is 2.37. The van der Waals surface area contributed by atoms with Gasteiger partial charge < -0.3 is 10.0 Å². The van der Waals surface area contributed by atoms with Gasteiger partial charge in [-0.15, -0.1) is 0 Å². The molecule has 2 heterocycles. The van der Waals surface area contributed by atoms with Crippen LogP contribution >= 0.6 is 0 Å². The van der Waals surface area contributed by atoms with Crippen LogP contribution in [0.4, 0.5) is 0 Å². The second-order valence-corrected chi connectivity index (χ2v) is 6.30. The van der Waals surface area contributed by atoms with Gasteiger partial charge in [-0.2, -0.15) is 0 Å². The van der Waals surface area contributed by atoms with Crippen molar-refractivity contribution in [1.29, 1.82) is 0 Å². The number of carbonyl (C=O) groups is 2. The van der Waals surface area contributed by atoms with Crippen molar-refractivity contribution < 1.29 is 14.7 Å². The fourth-order valence-corrected chi connectivity index (χ4v) is 3.18. The summed E-state index contributed by atoms with van der Waals surface area (Å²) in [5.41, 5.74) is 2.48. The molecule has 0 spiro atoms. The maximum atomic E-state index is 12.7. The van der Waals surface area contributed by atoms with Gasteiger partial charge in [0.2, 0.25) is 0 Å². The van der Waals surface area contributed by atoms with E-state index in [2.05, 4.69) is 9.97 Å². The molecule has 1 fully saturated rings. The van der Waals surface area contributed by atoms with Crippen LogP contribution in [0.2, 0.25) is 0 Å². The largest absolute Gasteiger partial charge is 0.478 e. The van der Waals surface area contributed by atoms with E-state index in [-0.39, 0.29) is 5.91 Å². The molecule has 1 saturated carbocycles. The smallest absolute Gasteiger partial charge is 0.335 e. The van der Waals surface area contributed by atoms with Crippen LogP contribution in [-0.4, -0.2) is 38.4 Å². The van der Waals surface area contributed by atoms with Gasteiger partial charge in [-0.25, -0.2) is 14.8 Å². The van der Waals surface area contributed by atoms with E-state index in [1.54, 1.807) is 29.3 Å². The number of hydrogen-bond acceptors (Lipinski definition) is 4. The van der Waals surface area contributed by atoms with Gasteiger partial charge in [0.15, 0.2) is 0 Å². The number of aromatic carboxylic acids is 1. The van der Waals surface area contributed by atoms with Gasteiger partial charge in [-0.1, -0.05) is 12.1 Å². The van der Waals surface area contributed by atoms with Gasteiger partial charge in [-0.3, -0.25) is 4.79 Å². The predicted molar refractivity (Wildman–Crippen MR) is 85.9 cm³/mol. The molecule has 122 valence electrons. The van der Waals surface area contributed by atoms with Crippen molar-refractivity contribution in [2.24, 2.45) is 0 Å². The highest BCUT2D eigenvalue weighted by molar-refractivity contribution is 5.93. The first kappa shape index (κ1) is 14.8. The third-order valence-corrected chi connectivity index (χ3v) is 4.62. The summed E-state index contributed by atoms with van der Waals surface area (Å²) in [7, 11) is 0. The molecular formula is C18H17N3O3. The SMILES string of the molecule is O=C(O)c1cccc2c1CCN(C(=O)c1ccnc(C3CC3)n1)C2. The molecular weight excluding hydrogens is 306 g/mol. The molecule has 0 saturated heterocycles. The highest BCUT2D eigenvalue weighted by Gasteiger charge is 2.29. The predicted octanol–water partition coefficient (Wildman–Crippen LogP) is 2.25. The molecule has 1 aliphatic heterocycles. The lowest BCUT2D eigenvalue weighted by Crippen LogP contribution is -2.37. The van der Waals surface area contributed by atoms with Gasteiger partial charge in [0, 0.05) is 25.2 Å². The fraction of sp³-hybridized carbons (Fsp3) is 0.333. The second-order valence-electron chi connectivity index (χ2n) is 6.30. The molecule has 24 heavy (non-hydrogen) atoms. The summed E-state index contributed by atoms with van der Waals surface area (Å²) < 4.78 is 0. The molecule has 1 aromatic heterocycles. The summed E-state index contributed by atoms with van der Waals surface area (Å²) in [6.45, 7) is 0.914. The topological polar surface area (TPSA) is 83.4 Å². The number of nitrogens with zero attached hydrogens (tertiary/aromatic N) is 3. The molecule has 1 N–H and O–H groups in total. The molecule has 4 rings (SSSR count). The van der Waals surface area contributed by atoms with Gasteiger partial charge >= 0.3 is 5.97 Å². The van der Waals surface area contributed by atoms with Crippen LogP contribution in [0.5, 0.6) is 0 Å². The normalized spacial score (nSPS) is 16.6.